The summed E-state index contributed by atoms with van der Waals surface area (Å²) in [5.41, 5.74) is 1.83. The van der Waals surface area contributed by atoms with E-state index in [1.54, 1.807) is 42.2 Å². The average molecular weight is 353 g/mol. The second-order valence-corrected chi connectivity index (χ2v) is 5.53. The van der Waals surface area contributed by atoms with Gasteiger partial charge in [-0.05, 0) is 23.8 Å². The van der Waals surface area contributed by atoms with E-state index >= 15 is 0 Å². The van der Waals surface area contributed by atoms with Gasteiger partial charge in [-0.2, -0.15) is 5.10 Å². The van der Waals surface area contributed by atoms with Crippen molar-refractivity contribution in [1.29, 1.82) is 0 Å². The van der Waals surface area contributed by atoms with Gasteiger partial charge in [0.2, 0.25) is 11.6 Å². The second-order valence-electron chi connectivity index (χ2n) is 5.53. The molecule has 8 heteroatoms. The summed E-state index contributed by atoms with van der Waals surface area (Å²) >= 11 is 0. The largest absolute Gasteiger partial charge is 0.490 e. The van der Waals surface area contributed by atoms with Crippen molar-refractivity contribution in [2.45, 2.75) is 6.42 Å². The van der Waals surface area contributed by atoms with Crippen LogP contribution in [-0.4, -0.2) is 33.4 Å². The molecule has 8 nitrogen and oxygen atoms in total. The smallest absolute Gasteiger partial charge is 0.311 e. The van der Waals surface area contributed by atoms with Gasteiger partial charge in [-0.15, -0.1) is 0 Å². The van der Waals surface area contributed by atoms with E-state index in [0.717, 1.165) is 5.56 Å². The molecule has 0 saturated carbocycles. The van der Waals surface area contributed by atoms with Crippen molar-refractivity contribution >= 4 is 5.69 Å². The van der Waals surface area contributed by atoms with Gasteiger partial charge in [0.15, 0.2) is 0 Å². The molecule has 26 heavy (non-hydrogen) atoms. The zero-order valence-electron chi connectivity index (χ0n) is 14.4. The summed E-state index contributed by atoms with van der Waals surface area (Å²) in [6, 6.07) is 10.3. The van der Waals surface area contributed by atoms with Crippen LogP contribution in [0.4, 0.5) is 5.69 Å². The number of pyridine rings is 1. The summed E-state index contributed by atoms with van der Waals surface area (Å²) in [7, 11) is 3.20. The molecule has 0 aliphatic carbocycles. The molecule has 1 radical (unpaired) electrons. The number of ether oxygens (including phenoxy) is 2. The van der Waals surface area contributed by atoms with E-state index in [1.165, 1.54) is 13.2 Å². The molecule has 0 amide bonds. The second kappa shape index (κ2) is 7.64. The van der Waals surface area contributed by atoms with Gasteiger partial charge in [-0.3, -0.25) is 14.8 Å². The number of methoxy groups -OCH3 is 1. The third-order valence-electron chi connectivity index (χ3n) is 3.74. The molecule has 0 fully saturated rings. The Morgan fingerprint density at radius 3 is 2.81 bits per heavy atom. The molecule has 0 unspecified atom stereocenters. The summed E-state index contributed by atoms with van der Waals surface area (Å²) in [5.74, 6) is 0.651. The molecule has 0 aliphatic rings. The SMILES string of the molecule is COc1c(-c2ccn(C)n2)cc(CCOc2ccc[c]n2)cc1[N+](=O)[O-]. The van der Waals surface area contributed by atoms with Crippen molar-refractivity contribution in [1.82, 2.24) is 14.8 Å². The topological polar surface area (TPSA) is 92.3 Å². The predicted octanol–water partition coefficient (Wildman–Crippen LogP) is 2.82. The van der Waals surface area contributed by atoms with E-state index in [1.807, 2.05) is 6.07 Å². The molecule has 0 saturated heterocycles. The van der Waals surface area contributed by atoms with E-state index < -0.39 is 4.92 Å². The molecule has 3 rings (SSSR count). The van der Waals surface area contributed by atoms with Crippen LogP contribution in [0.1, 0.15) is 5.56 Å². The van der Waals surface area contributed by atoms with E-state index in [9.17, 15) is 10.1 Å². The minimum Gasteiger partial charge on any atom is -0.490 e. The Bertz CT molecular complexity index is 909. The van der Waals surface area contributed by atoms with E-state index in [2.05, 4.69) is 16.3 Å². The molecular formula is C18H17N4O4. The van der Waals surface area contributed by atoms with Crippen molar-refractivity contribution in [3.05, 3.63) is 64.5 Å². The average Bonchev–Trinajstić information content (AvgIpc) is 3.08. The Morgan fingerprint density at radius 2 is 2.19 bits per heavy atom. The summed E-state index contributed by atoms with van der Waals surface area (Å²) in [6.07, 6.45) is 4.94. The van der Waals surface area contributed by atoms with Gasteiger partial charge >= 0.3 is 5.69 Å². The first-order valence-electron chi connectivity index (χ1n) is 7.89. The van der Waals surface area contributed by atoms with Crippen LogP contribution >= 0.6 is 0 Å². The van der Waals surface area contributed by atoms with E-state index in [-0.39, 0.29) is 11.4 Å². The van der Waals surface area contributed by atoms with Crippen molar-refractivity contribution in [3.63, 3.8) is 0 Å². The highest BCUT2D eigenvalue weighted by Gasteiger charge is 2.22. The third-order valence-corrected chi connectivity index (χ3v) is 3.74. The van der Waals surface area contributed by atoms with Gasteiger partial charge in [-0.1, -0.05) is 6.07 Å². The maximum Gasteiger partial charge on any atom is 0.311 e. The third kappa shape index (κ3) is 3.80. The van der Waals surface area contributed by atoms with Gasteiger partial charge in [0.05, 0.1) is 36.1 Å². The van der Waals surface area contributed by atoms with Gasteiger partial charge in [0.1, 0.15) is 0 Å². The van der Waals surface area contributed by atoms with E-state index in [0.29, 0.717) is 30.2 Å². The number of hydrogen-bond donors (Lipinski definition) is 0. The Hall–Kier alpha value is -3.42. The molecule has 2 heterocycles. The predicted molar refractivity (Wildman–Crippen MR) is 94.1 cm³/mol. The standard InChI is InChI=1S/C18H17N4O4/c1-21-9-6-15(20-21)14-11-13(12-16(22(23)24)18(14)25-2)7-10-26-17-5-3-4-8-19-17/h3-6,9,11-12H,7,10H2,1-2H3. The van der Waals surface area contributed by atoms with Crippen molar-refractivity contribution in [2.24, 2.45) is 7.05 Å². The van der Waals surface area contributed by atoms with Crippen LogP contribution in [0, 0.1) is 16.3 Å². The lowest BCUT2D eigenvalue weighted by molar-refractivity contribution is -0.385. The summed E-state index contributed by atoms with van der Waals surface area (Å²) in [5, 5.41) is 15.8. The summed E-state index contributed by atoms with van der Waals surface area (Å²) < 4.78 is 12.5. The number of aryl methyl sites for hydroxylation is 1. The lowest BCUT2D eigenvalue weighted by Crippen LogP contribution is -2.04. The van der Waals surface area contributed by atoms with Crippen LogP contribution in [0.15, 0.2) is 42.6 Å². The number of aromatic nitrogens is 3. The normalized spacial score (nSPS) is 10.5. The zero-order valence-corrected chi connectivity index (χ0v) is 14.4. The Balaban J connectivity index is 1.90. The van der Waals surface area contributed by atoms with Gasteiger partial charge in [0, 0.05) is 31.8 Å². The van der Waals surface area contributed by atoms with Crippen LogP contribution in [-0.2, 0) is 13.5 Å². The Labute approximate surface area is 150 Å². The molecule has 133 valence electrons. The number of hydrogen-bond acceptors (Lipinski definition) is 6. The minimum absolute atomic E-state index is 0.100. The van der Waals surface area contributed by atoms with Crippen LogP contribution in [0.5, 0.6) is 11.6 Å². The van der Waals surface area contributed by atoms with Crippen molar-refractivity contribution < 1.29 is 14.4 Å². The molecule has 3 aromatic rings. The van der Waals surface area contributed by atoms with Crippen molar-refractivity contribution in [3.8, 4) is 22.9 Å². The van der Waals surface area contributed by atoms with Gasteiger partial charge in [-0.25, -0.2) is 4.98 Å². The lowest BCUT2D eigenvalue weighted by Gasteiger charge is -2.11. The molecule has 0 aliphatic heterocycles. The minimum atomic E-state index is -0.455. The van der Waals surface area contributed by atoms with Gasteiger partial charge in [0.25, 0.3) is 0 Å². The van der Waals surface area contributed by atoms with Crippen LogP contribution in [0.3, 0.4) is 0 Å². The molecule has 0 bridgehead atoms. The molecule has 0 N–H and O–H groups in total. The maximum atomic E-state index is 11.5. The molecular weight excluding hydrogens is 336 g/mol. The Morgan fingerprint density at radius 1 is 1.35 bits per heavy atom. The van der Waals surface area contributed by atoms with E-state index in [4.69, 9.17) is 9.47 Å². The first-order valence-corrected chi connectivity index (χ1v) is 7.89. The highest BCUT2D eigenvalue weighted by molar-refractivity contribution is 5.74. The summed E-state index contributed by atoms with van der Waals surface area (Å²) in [6.45, 7) is 0.329. The highest BCUT2D eigenvalue weighted by Crippen LogP contribution is 2.38. The van der Waals surface area contributed by atoms with Crippen LogP contribution in [0.2, 0.25) is 0 Å². The summed E-state index contributed by atoms with van der Waals surface area (Å²) in [4.78, 5) is 15.0. The number of benzene rings is 1. The molecule has 0 spiro atoms. The van der Waals surface area contributed by atoms with Crippen LogP contribution < -0.4 is 9.47 Å². The quantitative estimate of drug-likeness (QED) is 0.479. The molecule has 1 aromatic carbocycles. The molecule has 2 aromatic heterocycles. The maximum absolute atomic E-state index is 11.5. The number of nitro groups is 1. The highest BCUT2D eigenvalue weighted by atomic mass is 16.6. The van der Waals surface area contributed by atoms with Gasteiger partial charge < -0.3 is 9.47 Å². The molecule has 0 atom stereocenters. The Kier molecular flexibility index (Phi) is 5.12. The van der Waals surface area contributed by atoms with Crippen LogP contribution in [0.25, 0.3) is 11.3 Å². The fourth-order valence-corrected chi connectivity index (χ4v) is 2.58. The lowest BCUT2D eigenvalue weighted by atomic mass is 10.0. The first kappa shape index (κ1) is 17.4. The number of nitrogens with zero attached hydrogens (tertiary/aromatic N) is 4. The fraction of sp³-hybridized carbons (Fsp3) is 0.222. The monoisotopic (exact) mass is 353 g/mol. The fourth-order valence-electron chi connectivity index (χ4n) is 2.58. The number of nitro benzene ring substituents is 1. The van der Waals surface area contributed by atoms with Crippen molar-refractivity contribution in [2.75, 3.05) is 13.7 Å². The zero-order chi connectivity index (χ0) is 18.5. The first-order chi connectivity index (χ1) is 12.6. The number of rotatable bonds is 7.